The van der Waals surface area contributed by atoms with E-state index in [-0.39, 0.29) is 6.04 Å². The fourth-order valence-electron chi connectivity index (χ4n) is 3.17. The van der Waals surface area contributed by atoms with E-state index in [9.17, 15) is 5.11 Å². The van der Waals surface area contributed by atoms with Crippen molar-refractivity contribution in [2.24, 2.45) is 11.8 Å². The summed E-state index contributed by atoms with van der Waals surface area (Å²) in [6.45, 7) is 6.47. The van der Waals surface area contributed by atoms with Gasteiger partial charge in [0.25, 0.3) is 0 Å². The average molecular weight is 329 g/mol. The Morgan fingerprint density at radius 3 is 2.53 bits per heavy atom. The maximum atomic E-state index is 10.7. The van der Waals surface area contributed by atoms with Gasteiger partial charge in [0.05, 0.1) is 22.5 Å². The van der Waals surface area contributed by atoms with Crippen LogP contribution < -0.4 is 0 Å². The van der Waals surface area contributed by atoms with Gasteiger partial charge in [-0.1, -0.05) is 26.2 Å². The fraction of sp³-hybridized carbons (Fsp3) is 0.800. The van der Waals surface area contributed by atoms with Crippen LogP contribution in [-0.2, 0) is 0 Å². The Labute approximate surface area is 124 Å². The number of halogens is 1. The van der Waals surface area contributed by atoms with Crippen molar-refractivity contribution in [3.05, 3.63) is 16.4 Å². The third kappa shape index (κ3) is 3.22. The second-order valence-electron chi connectivity index (χ2n) is 6.05. The number of rotatable bonds is 4. The van der Waals surface area contributed by atoms with Gasteiger partial charge < -0.3 is 5.11 Å². The van der Waals surface area contributed by atoms with Crippen LogP contribution in [0, 0.1) is 11.8 Å². The number of hydrogen-bond donors (Lipinski definition) is 1. The normalized spacial score (nSPS) is 25.8. The van der Waals surface area contributed by atoms with Crippen molar-refractivity contribution in [1.82, 2.24) is 9.78 Å². The summed E-state index contributed by atoms with van der Waals surface area (Å²) in [6, 6.07) is 0.280. The van der Waals surface area contributed by atoms with Gasteiger partial charge in [-0.05, 0) is 54.5 Å². The predicted molar refractivity (Wildman–Crippen MR) is 81.0 cm³/mol. The van der Waals surface area contributed by atoms with Crippen molar-refractivity contribution in [2.45, 2.75) is 65.0 Å². The topological polar surface area (TPSA) is 38.1 Å². The average Bonchev–Trinajstić information content (AvgIpc) is 2.80. The lowest BCUT2D eigenvalue weighted by molar-refractivity contribution is 0.0641. The Bertz CT molecular complexity index is 408. The molecule has 3 nitrogen and oxygen atoms in total. The van der Waals surface area contributed by atoms with Crippen LogP contribution >= 0.6 is 15.9 Å². The van der Waals surface area contributed by atoms with Gasteiger partial charge in [-0.25, -0.2) is 0 Å². The number of hydrogen-bond acceptors (Lipinski definition) is 2. The van der Waals surface area contributed by atoms with Gasteiger partial charge in [0.1, 0.15) is 0 Å². The van der Waals surface area contributed by atoms with Crippen molar-refractivity contribution in [3.63, 3.8) is 0 Å². The Kier molecular flexibility index (Phi) is 5.07. The van der Waals surface area contributed by atoms with Crippen LogP contribution in [0.3, 0.4) is 0 Å². The SMILES string of the molecule is CCC1CCC(C(O)c2c(Br)cnn2C(C)C)CC1. The summed E-state index contributed by atoms with van der Waals surface area (Å²) in [6.07, 6.45) is 7.46. The molecule has 1 saturated carbocycles. The first kappa shape index (κ1) is 15.0. The number of aromatic nitrogens is 2. The summed E-state index contributed by atoms with van der Waals surface area (Å²) in [7, 11) is 0. The molecule has 108 valence electrons. The molecule has 0 saturated heterocycles. The van der Waals surface area contributed by atoms with Crippen LogP contribution in [0.1, 0.15) is 70.7 Å². The summed E-state index contributed by atoms with van der Waals surface area (Å²) in [4.78, 5) is 0. The van der Waals surface area contributed by atoms with Crippen molar-refractivity contribution in [2.75, 3.05) is 0 Å². The quantitative estimate of drug-likeness (QED) is 0.885. The van der Waals surface area contributed by atoms with E-state index >= 15 is 0 Å². The Morgan fingerprint density at radius 2 is 2.00 bits per heavy atom. The minimum absolute atomic E-state index is 0.280. The minimum Gasteiger partial charge on any atom is -0.386 e. The first-order valence-electron chi connectivity index (χ1n) is 7.45. The lowest BCUT2D eigenvalue weighted by Gasteiger charge is -2.31. The van der Waals surface area contributed by atoms with E-state index < -0.39 is 6.10 Å². The molecule has 1 unspecified atom stereocenters. The molecule has 1 heterocycles. The molecule has 2 rings (SSSR count). The first-order valence-corrected chi connectivity index (χ1v) is 8.24. The third-order valence-electron chi connectivity index (χ3n) is 4.47. The van der Waals surface area contributed by atoms with E-state index in [4.69, 9.17) is 0 Å². The number of aliphatic hydroxyl groups is 1. The zero-order valence-corrected chi connectivity index (χ0v) is 13.7. The second kappa shape index (κ2) is 6.40. The number of nitrogens with zero attached hydrogens (tertiary/aromatic N) is 2. The van der Waals surface area contributed by atoms with E-state index in [0.717, 1.165) is 28.9 Å². The van der Waals surface area contributed by atoms with E-state index in [1.807, 2.05) is 4.68 Å². The summed E-state index contributed by atoms with van der Waals surface area (Å²) in [5, 5.41) is 15.1. The van der Waals surface area contributed by atoms with E-state index in [0.29, 0.717) is 5.92 Å². The molecule has 1 aromatic rings. The van der Waals surface area contributed by atoms with Crippen LogP contribution in [0.2, 0.25) is 0 Å². The second-order valence-corrected chi connectivity index (χ2v) is 6.90. The smallest absolute Gasteiger partial charge is 0.0996 e. The molecule has 0 aromatic carbocycles. The molecule has 1 N–H and O–H groups in total. The van der Waals surface area contributed by atoms with Gasteiger partial charge in [-0.2, -0.15) is 5.10 Å². The molecule has 1 aliphatic carbocycles. The molecule has 0 amide bonds. The van der Waals surface area contributed by atoms with E-state index in [1.54, 1.807) is 6.20 Å². The molecule has 0 spiro atoms. The monoisotopic (exact) mass is 328 g/mol. The fourth-order valence-corrected chi connectivity index (χ4v) is 3.68. The van der Waals surface area contributed by atoms with Gasteiger partial charge in [-0.3, -0.25) is 4.68 Å². The van der Waals surface area contributed by atoms with E-state index in [1.165, 1.54) is 19.3 Å². The minimum atomic E-state index is -0.392. The van der Waals surface area contributed by atoms with Gasteiger partial charge in [-0.15, -0.1) is 0 Å². The zero-order valence-electron chi connectivity index (χ0n) is 12.1. The molecule has 1 fully saturated rings. The summed E-state index contributed by atoms with van der Waals surface area (Å²) in [5.41, 5.74) is 0.954. The Hall–Kier alpha value is -0.350. The maximum absolute atomic E-state index is 10.7. The standard InChI is InChI=1S/C15H25BrN2O/c1-4-11-5-7-12(8-6-11)15(19)14-13(16)9-17-18(14)10(2)3/h9-12,15,19H,4-8H2,1-3H3. The van der Waals surface area contributed by atoms with Gasteiger partial charge in [0.15, 0.2) is 0 Å². The van der Waals surface area contributed by atoms with Crippen molar-refractivity contribution >= 4 is 15.9 Å². The molecule has 4 heteroatoms. The lowest BCUT2D eigenvalue weighted by Crippen LogP contribution is -2.23. The highest BCUT2D eigenvalue weighted by Gasteiger charge is 2.30. The van der Waals surface area contributed by atoms with Crippen LogP contribution in [0.5, 0.6) is 0 Å². The Morgan fingerprint density at radius 1 is 1.37 bits per heavy atom. The van der Waals surface area contributed by atoms with Crippen molar-refractivity contribution in [3.8, 4) is 0 Å². The molecule has 0 bridgehead atoms. The first-order chi connectivity index (χ1) is 9.04. The number of aliphatic hydroxyl groups excluding tert-OH is 1. The van der Waals surface area contributed by atoms with Crippen LogP contribution in [0.25, 0.3) is 0 Å². The molecule has 0 aliphatic heterocycles. The van der Waals surface area contributed by atoms with Crippen molar-refractivity contribution < 1.29 is 5.11 Å². The highest BCUT2D eigenvalue weighted by molar-refractivity contribution is 9.10. The van der Waals surface area contributed by atoms with Crippen LogP contribution in [-0.4, -0.2) is 14.9 Å². The van der Waals surface area contributed by atoms with Crippen LogP contribution in [0.4, 0.5) is 0 Å². The highest BCUT2D eigenvalue weighted by Crippen LogP contribution is 2.40. The Balaban J connectivity index is 2.12. The lowest BCUT2D eigenvalue weighted by atomic mass is 9.78. The summed E-state index contributed by atoms with van der Waals surface area (Å²) >= 11 is 3.53. The summed E-state index contributed by atoms with van der Waals surface area (Å²) < 4.78 is 2.88. The highest BCUT2D eigenvalue weighted by atomic mass is 79.9. The molecule has 1 aromatic heterocycles. The molecule has 19 heavy (non-hydrogen) atoms. The van der Waals surface area contributed by atoms with Crippen molar-refractivity contribution in [1.29, 1.82) is 0 Å². The molecule has 1 atom stereocenters. The third-order valence-corrected chi connectivity index (χ3v) is 5.08. The molecular formula is C15H25BrN2O. The summed E-state index contributed by atoms with van der Waals surface area (Å²) in [5.74, 6) is 1.25. The van der Waals surface area contributed by atoms with Gasteiger partial charge in [0.2, 0.25) is 0 Å². The molecule has 1 aliphatic rings. The predicted octanol–water partition coefficient (Wildman–Crippen LogP) is 4.48. The zero-order chi connectivity index (χ0) is 14.0. The van der Waals surface area contributed by atoms with Crippen LogP contribution in [0.15, 0.2) is 10.7 Å². The van der Waals surface area contributed by atoms with Gasteiger partial charge >= 0.3 is 0 Å². The maximum Gasteiger partial charge on any atom is 0.0996 e. The van der Waals surface area contributed by atoms with E-state index in [2.05, 4.69) is 41.8 Å². The molecule has 0 radical (unpaired) electrons. The largest absolute Gasteiger partial charge is 0.386 e. The molecular weight excluding hydrogens is 304 g/mol. The van der Waals surface area contributed by atoms with Gasteiger partial charge in [0, 0.05) is 6.04 Å².